The molecule has 5 heteroatoms. The third-order valence-corrected chi connectivity index (χ3v) is 6.11. The molecule has 1 fully saturated rings. The molecule has 2 nitrogen and oxygen atoms in total. The van der Waals surface area contributed by atoms with Gasteiger partial charge in [-0.1, -0.05) is 39.7 Å². The number of aryl methyl sites for hydroxylation is 1. The number of carbonyl (C=O) groups is 1. The quantitative estimate of drug-likeness (QED) is 0.621. The first-order valence-corrected chi connectivity index (χ1v) is 9.67. The van der Waals surface area contributed by atoms with Gasteiger partial charge in [0, 0.05) is 21.6 Å². The zero-order valence-electron chi connectivity index (χ0n) is 13.9. The number of carbonyl (C=O) groups excluding carboxylic acids is 1. The molecule has 0 saturated heterocycles. The lowest BCUT2D eigenvalue weighted by Crippen LogP contribution is -2.41. The van der Waals surface area contributed by atoms with Gasteiger partial charge >= 0.3 is 0 Å². The maximum Gasteiger partial charge on any atom is 0.254 e. The summed E-state index contributed by atoms with van der Waals surface area (Å²) in [4.78, 5) is 15.1. The van der Waals surface area contributed by atoms with Crippen LogP contribution in [0.5, 0.6) is 0 Å². The van der Waals surface area contributed by atoms with E-state index in [4.69, 9.17) is 11.6 Å². The highest BCUT2D eigenvalue weighted by Gasteiger charge is 2.40. The molecular formula is C20H18BrClFNO. The highest BCUT2D eigenvalue weighted by molar-refractivity contribution is 9.10. The average Bonchev–Trinajstić information content (AvgIpc) is 3.38. The van der Waals surface area contributed by atoms with Crippen LogP contribution >= 0.6 is 27.5 Å². The first kappa shape index (κ1) is 17.0. The number of hydrogen-bond donors (Lipinski definition) is 0. The molecule has 0 N–H and O–H groups in total. The van der Waals surface area contributed by atoms with Crippen molar-refractivity contribution in [3.8, 4) is 0 Å². The van der Waals surface area contributed by atoms with Gasteiger partial charge in [-0.05, 0) is 67.0 Å². The topological polar surface area (TPSA) is 20.3 Å². The Hall–Kier alpha value is -1.39. The second-order valence-corrected chi connectivity index (χ2v) is 8.24. The molecule has 1 aliphatic heterocycles. The van der Waals surface area contributed by atoms with Crippen molar-refractivity contribution in [3.63, 3.8) is 0 Å². The van der Waals surface area contributed by atoms with Gasteiger partial charge in [0.15, 0.2) is 0 Å². The van der Waals surface area contributed by atoms with E-state index < -0.39 is 0 Å². The molecule has 0 unspecified atom stereocenters. The monoisotopic (exact) mass is 421 g/mol. The minimum Gasteiger partial charge on any atom is -0.331 e. The molecule has 130 valence electrons. The molecule has 4 rings (SSSR count). The van der Waals surface area contributed by atoms with Crippen molar-refractivity contribution in [3.05, 3.63) is 67.9 Å². The van der Waals surface area contributed by atoms with Crippen LogP contribution in [-0.4, -0.2) is 17.4 Å². The summed E-state index contributed by atoms with van der Waals surface area (Å²) in [5.74, 6) is 0.269. The molecule has 0 bridgehead atoms. The van der Waals surface area contributed by atoms with E-state index in [0.29, 0.717) is 28.6 Å². The Morgan fingerprint density at radius 3 is 2.72 bits per heavy atom. The minimum absolute atomic E-state index is 0.0118. The molecule has 0 aromatic heterocycles. The van der Waals surface area contributed by atoms with Crippen LogP contribution in [0, 0.1) is 18.7 Å². The third-order valence-electron chi connectivity index (χ3n) is 5.18. The van der Waals surface area contributed by atoms with Gasteiger partial charge in [-0.15, -0.1) is 0 Å². The van der Waals surface area contributed by atoms with Gasteiger partial charge < -0.3 is 4.90 Å². The molecule has 1 heterocycles. The number of benzene rings is 2. The standard InChI is InChI=1S/C20H18BrClFNO/c1-11-8-13(4-5-18(11)23)19(12-2-3-12)24-7-6-15-16(20(24)25)9-14(22)10-17(15)21/h4-5,8-10,12,19H,2-3,6-7H2,1H3/t19-/m0/s1. The lowest BCUT2D eigenvalue weighted by atomic mass is 9.93. The van der Waals surface area contributed by atoms with Gasteiger partial charge in [0.2, 0.25) is 0 Å². The fourth-order valence-electron chi connectivity index (χ4n) is 3.77. The summed E-state index contributed by atoms with van der Waals surface area (Å²) in [7, 11) is 0. The maximum atomic E-state index is 13.7. The van der Waals surface area contributed by atoms with E-state index in [1.807, 2.05) is 23.1 Å². The van der Waals surface area contributed by atoms with Crippen molar-refractivity contribution in [1.29, 1.82) is 0 Å². The molecule has 1 saturated carbocycles. The van der Waals surface area contributed by atoms with Crippen LogP contribution in [0.15, 0.2) is 34.8 Å². The van der Waals surface area contributed by atoms with Gasteiger partial charge in [-0.3, -0.25) is 4.79 Å². The van der Waals surface area contributed by atoms with E-state index >= 15 is 0 Å². The molecule has 1 atom stereocenters. The summed E-state index contributed by atoms with van der Waals surface area (Å²) in [5, 5.41) is 0.557. The summed E-state index contributed by atoms with van der Waals surface area (Å²) in [6.07, 6.45) is 3.01. The SMILES string of the molecule is Cc1cc([C@H](C2CC2)N2CCc3c(Br)cc(Cl)cc3C2=O)ccc1F. The van der Waals surface area contributed by atoms with Gasteiger partial charge in [0.05, 0.1) is 6.04 Å². The second kappa shape index (κ2) is 6.40. The third kappa shape index (κ3) is 3.11. The maximum absolute atomic E-state index is 13.7. The first-order valence-electron chi connectivity index (χ1n) is 8.50. The van der Waals surface area contributed by atoms with Crippen LogP contribution < -0.4 is 0 Å². The van der Waals surface area contributed by atoms with E-state index in [0.717, 1.165) is 34.9 Å². The van der Waals surface area contributed by atoms with E-state index in [-0.39, 0.29) is 17.8 Å². The zero-order chi connectivity index (χ0) is 17.7. The largest absolute Gasteiger partial charge is 0.331 e. The summed E-state index contributed by atoms with van der Waals surface area (Å²) < 4.78 is 14.6. The lowest BCUT2D eigenvalue weighted by Gasteiger charge is -2.36. The average molecular weight is 423 g/mol. The fourth-order valence-corrected chi connectivity index (χ4v) is 4.78. The van der Waals surface area contributed by atoms with Gasteiger partial charge in [-0.25, -0.2) is 4.39 Å². The second-order valence-electron chi connectivity index (χ2n) is 6.95. The molecule has 2 aliphatic rings. The Morgan fingerprint density at radius 1 is 1.28 bits per heavy atom. The Balaban J connectivity index is 1.74. The van der Waals surface area contributed by atoms with Crippen LogP contribution in [0.4, 0.5) is 4.39 Å². The van der Waals surface area contributed by atoms with Crippen LogP contribution in [0.3, 0.4) is 0 Å². The van der Waals surface area contributed by atoms with Crippen molar-refractivity contribution in [2.45, 2.75) is 32.2 Å². The summed E-state index contributed by atoms with van der Waals surface area (Å²) in [6, 6.07) is 8.83. The van der Waals surface area contributed by atoms with Gasteiger partial charge in [0.1, 0.15) is 5.82 Å². The Bertz CT molecular complexity index is 865. The summed E-state index contributed by atoms with van der Waals surface area (Å²) in [6.45, 7) is 2.44. The fraction of sp³-hybridized carbons (Fsp3) is 0.350. The van der Waals surface area contributed by atoms with Crippen molar-refractivity contribution in [2.75, 3.05) is 6.54 Å². The number of amides is 1. The van der Waals surface area contributed by atoms with Gasteiger partial charge in [0.25, 0.3) is 5.91 Å². The van der Waals surface area contributed by atoms with Crippen molar-refractivity contribution in [2.24, 2.45) is 5.92 Å². The van der Waals surface area contributed by atoms with E-state index in [9.17, 15) is 9.18 Å². The van der Waals surface area contributed by atoms with Crippen LogP contribution in [0.1, 0.15) is 45.9 Å². The van der Waals surface area contributed by atoms with Crippen LogP contribution in [0.25, 0.3) is 0 Å². The van der Waals surface area contributed by atoms with E-state index in [1.165, 1.54) is 6.07 Å². The molecule has 0 spiro atoms. The molecule has 0 radical (unpaired) electrons. The Labute approximate surface area is 160 Å². The molecular weight excluding hydrogens is 405 g/mol. The Kier molecular flexibility index (Phi) is 4.37. The summed E-state index contributed by atoms with van der Waals surface area (Å²) >= 11 is 9.69. The highest BCUT2D eigenvalue weighted by atomic mass is 79.9. The predicted molar refractivity (Wildman–Crippen MR) is 100 cm³/mol. The lowest BCUT2D eigenvalue weighted by molar-refractivity contribution is 0.0632. The summed E-state index contributed by atoms with van der Waals surface area (Å²) in [5.41, 5.74) is 3.35. The number of nitrogens with zero attached hydrogens (tertiary/aromatic N) is 1. The van der Waals surface area contributed by atoms with E-state index in [2.05, 4.69) is 15.9 Å². The molecule has 1 aliphatic carbocycles. The normalized spacial score (nSPS) is 18.2. The Morgan fingerprint density at radius 2 is 2.04 bits per heavy atom. The van der Waals surface area contributed by atoms with Crippen LogP contribution in [-0.2, 0) is 6.42 Å². The number of rotatable bonds is 3. The van der Waals surface area contributed by atoms with Crippen molar-refractivity contribution >= 4 is 33.4 Å². The number of fused-ring (bicyclic) bond motifs is 1. The number of hydrogen-bond acceptors (Lipinski definition) is 1. The molecule has 2 aromatic carbocycles. The van der Waals surface area contributed by atoms with Crippen molar-refractivity contribution in [1.82, 2.24) is 4.90 Å². The minimum atomic E-state index is -0.204. The van der Waals surface area contributed by atoms with Crippen LogP contribution in [0.2, 0.25) is 5.02 Å². The number of halogens is 3. The van der Waals surface area contributed by atoms with E-state index in [1.54, 1.807) is 13.0 Å². The molecule has 25 heavy (non-hydrogen) atoms. The zero-order valence-corrected chi connectivity index (χ0v) is 16.2. The van der Waals surface area contributed by atoms with Gasteiger partial charge in [-0.2, -0.15) is 0 Å². The van der Waals surface area contributed by atoms with Crippen molar-refractivity contribution < 1.29 is 9.18 Å². The highest BCUT2D eigenvalue weighted by Crippen LogP contribution is 2.46. The predicted octanol–water partition coefficient (Wildman–Crippen LogP) is 5.70. The molecule has 2 aromatic rings. The smallest absolute Gasteiger partial charge is 0.254 e. The first-order chi connectivity index (χ1) is 12.0. The molecule has 1 amide bonds.